The summed E-state index contributed by atoms with van der Waals surface area (Å²) in [5.74, 6) is -0.589. The van der Waals surface area contributed by atoms with Crippen molar-refractivity contribution in [2.45, 2.75) is 62.9 Å². The minimum atomic E-state index is -4.28. The predicted molar refractivity (Wildman–Crippen MR) is 109 cm³/mol. The van der Waals surface area contributed by atoms with E-state index in [1.807, 2.05) is 0 Å². The zero-order valence-electron chi connectivity index (χ0n) is 16.4. The third-order valence-corrected chi connectivity index (χ3v) is 8.16. The van der Waals surface area contributed by atoms with Gasteiger partial charge in [-0.25, -0.2) is 0 Å². The van der Waals surface area contributed by atoms with E-state index in [0.29, 0.717) is 11.1 Å². The fourth-order valence-corrected chi connectivity index (χ4v) is 2.96. The highest BCUT2D eigenvalue weighted by atomic mass is 32.3. The maximum atomic E-state index is 12.3. The molecule has 0 spiro atoms. The van der Waals surface area contributed by atoms with Gasteiger partial charge in [-0.05, 0) is 40.5 Å². The summed E-state index contributed by atoms with van der Waals surface area (Å²) in [7, 11) is -8.06. The van der Waals surface area contributed by atoms with Gasteiger partial charge in [0.1, 0.15) is 0 Å². The molecule has 0 bridgehead atoms. The number of carbonyl (C=O) groups is 2. The molecular formula is C18H28O8S2. The van der Waals surface area contributed by atoms with Crippen molar-refractivity contribution < 1.29 is 36.2 Å². The van der Waals surface area contributed by atoms with Gasteiger partial charge in [0, 0.05) is 24.0 Å². The topological polar surface area (TPSA) is 149 Å². The molecule has 10 heteroatoms. The summed E-state index contributed by atoms with van der Waals surface area (Å²) in [6.45, 7) is 5.57. The number of benzene rings is 1. The van der Waals surface area contributed by atoms with E-state index in [-0.39, 0.29) is 37.2 Å². The summed E-state index contributed by atoms with van der Waals surface area (Å²) in [5, 5.41) is 0. The first-order valence-electron chi connectivity index (χ1n) is 8.62. The van der Waals surface area contributed by atoms with E-state index in [2.05, 4.69) is 0 Å². The van der Waals surface area contributed by atoms with Gasteiger partial charge in [-0.15, -0.1) is 0 Å². The molecule has 0 atom stereocenters. The maximum absolute atomic E-state index is 12.3. The molecule has 4 N–H and O–H groups in total. The second-order valence-corrected chi connectivity index (χ2v) is 12.1. The fraction of sp³-hybridized carbons (Fsp3) is 0.556. The molecule has 0 heterocycles. The van der Waals surface area contributed by atoms with Gasteiger partial charge in [0.05, 0.1) is 20.4 Å². The third kappa shape index (κ3) is 6.36. The third-order valence-electron chi connectivity index (χ3n) is 4.88. The number of hydrogen-bond donors (Lipinski definition) is 4. The minimum Gasteiger partial charge on any atom is -0.308 e. The highest BCUT2D eigenvalue weighted by Crippen LogP contribution is 2.50. The number of hydrogen-bond acceptors (Lipinski definition) is 7. The average molecular weight is 437 g/mol. The first kappa shape index (κ1) is 24.7. The van der Waals surface area contributed by atoms with Crippen molar-refractivity contribution in [1.29, 1.82) is 0 Å². The van der Waals surface area contributed by atoms with E-state index in [0.717, 1.165) is 0 Å². The molecule has 0 amide bonds. The smallest absolute Gasteiger partial charge is 0.270 e. The quantitative estimate of drug-likeness (QED) is 0.313. The van der Waals surface area contributed by atoms with Crippen molar-refractivity contribution in [3.63, 3.8) is 0 Å². The Morgan fingerprint density at radius 1 is 0.750 bits per heavy atom. The Morgan fingerprint density at radius 3 is 1.36 bits per heavy atom. The van der Waals surface area contributed by atoms with Gasteiger partial charge >= 0.3 is 0 Å². The van der Waals surface area contributed by atoms with E-state index in [1.54, 1.807) is 0 Å². The van der Waals surface area contributed by atoms with E-state index in [1.165, 1.54) is 52.0 Å². The highest BCUT2D eigenvalue weighted by molar-refractivity contribution is 8.20. The van der Waals surface area contributed by atoms with Gasteiger partial charge in [0.2, 0.25) is 0 Å². The van der Waals surface area contributed by atoms with Crippen molar-refractivity contribution in [2.75, 3.05) is 0 Å². The molecule has 0 saturated heterocycles. The van der Waals surface area contributed by atoms with Crippen molar-refractivity contribution >= 4 is 32.6 Å². The molecule has 1 rings (SSSR count). The molecule has 1 aromatic carbocycles. The van der Waals surface area contributed by atoms with Crippen molar-refractivity contribution in [2.24, 2.45) is 0 Å². The maximum Gasteiger partial charge on any atom is 0.270 e. The summed E-state index contributed by atoms with van der Waals surface area (Å²) < 4.78 is 57.2. The largest absolute Gasteiger partial charge is 0.308 e. The Bertz CT molecular complexity index is 818. The lowest BCUT2D eigenvalue weighted by Gasteiger charge is -2.36. The Labute approximate surface area is 167 Å². The number of ketones is 2. The lowest BCUT2D eigenvalue weighted by molar-refractivity contribution is 0.0964. The molecule has 0 aromatic heterocycles. The SMILES string of the molecule is CC(C)(CCC(=O)c1ccc(C(=O)CCC(C)(C)S(=O)(=O)O)cc1)S(O)(O)O. The van der Waals surface area contributed by atoms with Crippen molar-refractivity contribution in [3.05, 3.63) is 35.4 Å². The van der Waals surface area contributed by atoms with Gasteiger partial charge in [0.25, 0.3) is 10.1 Å². The Balaban J connectivity index is 2.73. The summed E-state index contributed by atoms with van der Waals surface area (Å²) in [6.07, 6.45) is -0.0774. The highest BCUT2D eigenvalue weighted by Gasteiger charge is 2.36. The van der Waals surface area contributed by atoms with Gasteiger partial charge in [-0.2, -0.15) is 8.42 Å². The van der Waals surface area contributed by atoms with Crippen LogP contribution in [0.3, 0.4) is 0 Å². The normalized spacial score (nSPS) is 14.0. The van der Waals surface area contributed by atoms with Crippen LogP contribution >= 0.6 is 10.9 Å². The Hall–Kier alpha value is -1.30. The molecule has 28 heavy (non-hydrogen) atoms. The van der Waals surface area contributed by atoms with E-state index in [4.69, 9.17) is 4.55 Å². The van der Waals surface area contributed by atoms with Crippen LogP contribution in [0.15, 0.2) is 24.3 Å². The molecular weight excluding hydrogens is 408 g/mol. The molecule has 0 radical (unpaired) electrons. The molecule has 0 fully saturated rings. The molecule has 160 valence electrons. The lowest BCUT2D eigenvalue weighted by Crippen LogP contribution is -2.31. The molecule has 0 unspecified atom stereocenters. The molecule has 0 saturated carbocycles. The standard InChI is InChI=1S/C18H28O8S2/c1-17(2,27(21,22)23)11-9-15(19)13-5-7-14(8-6-13)16(20)10-12-18(3,4)28(24,25)26/h5-8,21-23H,9-12H2,1-4H3,(H,24,25,26). The second kappa shape index (κ2) is 8.60. The van der Waals surface area contributed by atoms with Crippen molar-refractivity contribution in [3.8, 4) is 0 Å². The zero-order valence-corrected chi connectivity index (χ0v) is 18.0. The first-order valence-corrected chi connectivity index (χ1v) is 11.6. The van der Waals surface area contributed by atoms with E-state index < -0.39 is 30.5 Å². The van der Waals surface area contributed by atoms with Crippen LogP contribution in [0.4, 0.5) is 0 Å². The van der Waals surface area contributed by atoms with Gasteiger partial charge < -0.3 is 13.7 Å². The summed E-state index contributed by atoms with van der Waals surface area (Å²) >= 11 is 0. The van der Waals surface area contributed by atoms with Crippen LogP contribution in [0.1, 0.15) is 74.1 Å². The Kier molecular flexibility index (Phi) is 7.60. The van der Waals surface area contributed by atoms with Crippen LogP contribution in [0.2, 0.25) is 0 Å². The summed E-state index contributed by atoms with van der Waals surface area (Å²) in [6, 6.07) is 5.85. The van der Waals surface area contributed by atoms with Gasteiger partial charge in [0.15, 0.2) is 11.6 Å². The number of rotatable bonds is 10. The predicted octanol–water partition coefficient (Wildman–Crippen LogP) is 4.28. The Morgan fingerprint density at radius 2 is 1.07 bits per heavy atom. The van der Waals surface area contributed by atoms with Crippen LogP contribution < -0.4 is 0 Å². The molecule has 0 aliphatic carbocycles. The van der Waals surface area contributed by atoms with Crippen LogP contribution in [0.25, 0.3) is 0 Å². The minimum absolute atomic E-state index is 0.0146. The molecule has 0 aliphatic rings. The zero-order chi connectivity index (χ0) is 22.0. The van der Waals surface area contributed by atoms with Crippen LogP contribution in [-0.2, 0) is 10.1 Å². The number of carbonyl (C=O) groups excluding carboxylic acids is 2. The summed E-state index contributed by atoms with van der Waals surface area (Å²) in [5.41, 5.74) is 0.646. The number of Topliss-reactive ketones (excluding diaryl/α,β-unsaturated/α-hetero) is 2. The fourth-order valence-electron chi connectivity index (χ4n) is 2.23. The van der Waals surface area contributed by atoms with Gasteiger partial charge in [-0.1, -0.05) is 24.3 Å². The molecule has 1 aromatic rings. The molecule has 8 nitrogen and oxygen atoms in total. The monoisotopic (exact) mass is 436 g/mol. The lowest BCUT2D eigenvalue weighted by atomic mass is 9.97. The second-order valence-electron chi connectivity index (χ2n) is 7.94. The van der Waals surface area contributed by atoms with E-state index >= 15 is 0 Å². The first-order chi connectivity index (χ1) is 12.5. The summed E-state index contributed by atoms with van der Waals surface area (Å²) in [4.78, 5) is 24.5. The van der Waals surface area contributed by atoms with E-state index in [9.17, 15) is 31.7 Å². The average Bonchev–Trinajstić information content (AvgIpc) is 2.55. The van der Waals surface area contributed by atoms with Crippen LogP contribution in [0.5, 0.6) is 0 Å². The van der Waals surface area contributed by atoms with Crippen molar-refractivity contribution in [1.82, 2.24) is 0 Å². The van der Waals surface area contributed by atoms with Gasteiger partial charge in [-0.3, -0.25) is 14.1 Å². The van der Waals surface area contributed by atoms with Crippen LogP contribution in [-0.4, -0.2) is 47.7 Å². The van der Waals surface area contributed by atoms with Crippen LogP contribution in [0, 0.1) is 0 Å². The molecule has 0 aliphatic heterocycles.